The van der Waals surface area contributed by atoms with E-state index in [0.717, 1.165) is 16.3 Å². The highest BCUT2D eigenvalue weighted by molar-refractivity contribution is 7.92. The number of pyridine rings is 1. The monoisotopic (exact) mass is 434 g/mol. The highest BCUT2D eigenvalue weighted by Gasteiger charge is 2.22. The van der Waals surface area contributed by atoms with Crippen LogP contribution < -0.4 is 9.46 Å². The molecule has 9 nitrogen and oxygen atoms in total. The van der Waals surface area contributed by atoms with E-state index in [4.69, 9.17) is 4.74 Å². The minimum Gasteiger partial charge on any atom is -0.494 e. The van der Waals surface area contributed by atoms with Crippen LogP contribution in [0.2, 0.25) is 0 Å². The summed E-state index contributed by atoms with van der Waals surface area (Å²) in [6, 6.07) is 7.12. The number of ether oxygens (including phenoxy) is 1. The first kappa shape index (κ1) is 19.8. The predicted octanol–water partition coefficient (Wildman–Crippen LogP) is 2.90. The molecule has 0 amide bonds. The largest absolute Gasteiger partial charge is 0.494 e. The van der Waals surface area contributed by atoms with Gasteiger partial charge in [0.15, 0.2) is 5.82 Å². The van der Waals surface area contributed by atoms with Gasteiger partial charge in [-0.05, 0) is 30.3 Å². The third kappa shape index (κ3) is 3.34. The van der Waals surface area contributed by atoms with Crippen LogP contribution in [0.25, 0.3) is 16.7 Å². The molecule has 4 aromatic rings. The van der Waals surface area contributed by atoms with E-state index in [1.54, 1.807) is 25.4 Å². The lowest BCUT2D eigenvalue weighted by atomic mass is 10.2. The lowest BCUT2D eigenvalue weighted by molar-refractivity contribution is 0.142. The zero-order chi connectivity index (χ0) is 21.5. The molecule has 0 fully saturated rings. The molecular weight excluding hydrogens is 418 g/mol. The van der Waals surface area contributed by atoms with E-state index < -0.39 is 16.4 Å². The summed E-state index contributed by atoms with van der Waals surface area (Å²) in [6.45, 7) is 0. The number of nitrogens with one attached hydrogen (secondary N) is 1. The molecule has 0 unspecified atom stereocenters. The molecular formula is C18H16F2N6O3S. The van der Waals surface area contributed by atoms with Crippen LogP contribution in [0, 0.1) is 0 Å². The average molecular weight is 434 g/mol. The van der Waals surface area contributed by atoms with Gasteiger partial charge >= 0.3 is 0 Å². The predicted molar refractivity (Wildman–Crippen MR) is 104 cm³/mol. The molecule has 4 rings (SSSR count). The molecule has 3 heterocycles. The molecule has 0 aliphatic carbocycles. The number of halogens is 2. The van der Waals surface area contributed by atoms with Crippen LogP contribution in [0.1, 0.15) is 12.1 Å². The Morgan fingerprint density at radius 2 is 1.90 bits per heavy atom. The molecule has 0 spiro atoms. The Balaban J connectivity index is 1.71. The summed E-state index contributed by atoms with van der Waals surface area (Å²) in [5.41, 5.74) is 0.426. The summed E-state index contributed by atoms with van der Waals surface area (Å²) >= 11 is 0. The van der Waals surface area contributed by atoms with Crippen LogP contribution in [0.5, 0.6) is 5.75 Å². The highest BCUT2D eigenvalue weighted by atomic mass is 32.2. The van der Waals surface area contributed by atoms with Crippen molar-refractivity contribution in [3.63, 3.8) is 0 Å². The molecule has 0 saturated carbocycles. The van der Waals surface area contributed by atoms with E-state index in [-0.39, 0.29) is 22.1 Å². The summed E-state index contributed by atoms with van der Waals surface area (Å²) < 4.78 is 62.3. The van der Waals surface area contributed by atoms with Crippen molar-refractivity contribution in [1.29, 1.82) is 0 Å². The summed E-state index contributed by atoms with van der Waals surface area (Å²) in [6.07, 6.45) is 1.15. The molecule has 1 N–H and O–H groups in total. The minimum absolute atomic E-state index is 0.0700. The van der Waals surface area contributed by atoms with Crippen molar-refractivity contribution < 1.29 is 21.9 Å². The lowest BCUT2D eigenvalue weighted by Gasteiger charge is -2.14. The minimum atomic E-state index is -4.06. The van der Waals surface area contributed by atoms with Gasteiger partial charge in [0.2, 0.25) is 0 Å². The molecule has 1 aromatic carbocycles. The Labute approximate surface area is 170 Å². The molecule has 12 heteroatoms. The maximum absolute atomic E-state index is 13.0. The second kappa shape index (κ2) is 7.37. The Morgan fingerprint density at radius 3 is 2.57 bits per heavy atom. The number of aryl methyl sites for hydroxylation is 1. The Bertz CT molecular complexity index is 1320. The molecule has 0 bridgehead atoms. The van der Waals surface area contributed by atoms with Crippen molar-refractivity contribution >= 4 is 26.6 Å². The van der Waals surface area contributed by atoms with Crippen molar-refractivity contribution in [2.45, 2.75) is 11.3 Å². The molecule has 0 saturated heterocycles. The number of nitrogens with zero attached hydrogens (tertiary/aromatic N) is 5. The summed E-state index contributed by atoms with van der Waals surface area (Å²) in [5.74, 6) is 0.387. The van der Waals surface area contributed by atoms with E-state index >= 15 is 0 Å². The zero-order valence-corrected chi connectivity index (χ0v) is 16.6. The smallest absolute Gasteiger partial charge is 0.280 e. The van der Waals surface area contributed by atoms with Gasteiger partial charge in [0, 0.05) is 24.8 Å². The number of benzene rings is 1. The number of hydrogen-bond acceptors (Lipinski definition) is 6. The Kier molecular flexibility index (Phi) is 4.86. The number of aromatic nitrogens is 5. The first-order valence-electron chi connectivity index (χ1n) is 8.62. The van der Waals surface area contributed by atoms with Gasteiger partial charge in [0.25, 0.3) is 16.4 Å². The van der Waals surface area contributed by atoms with Crippen molar-refractivity contribution in [1.82, 2.24) is 24.5 Å². The van der Waals surface area contributed by atoms with Crippen molar-refractivity contribution in [2.24, 2.45) is 7.05 Å². The topological polar surface area (TPSA) is 104 Å². The van der Waals surface area contributed by atoms with Gasteiger partial charge in [-0.15, -0.1) is 0 Å². The van der Waals surface area contributed by atoms with Crippen LogP contribution in [0.15, 0.2) is 53.8 Å². The van der Waals surface area contributed by atoms with E-state index in [1.165, 1.54) is 36.2 Å². The fourth-order valence-electron chi connectivity index (χ4n) is 3.04. The number of sulfonamides is 1. The van der Waals surface area contributed by atoms with E-state index in [2.05, 4.69) is 19.9 Å². The second-order valence-corrected chi connectivity index (χ2v) is 7.96. The molecule has 30 heavy (non-hydrogen) atoms. The molecule has 156 valence electrons. The molecule has 0 aliphatic heterocycles. The number of alkyl halides is 2. The summed E-state index contributed by atoms with van der Waals surface area (Å²) in [5, 5.41) is 8.68. The quantitative estimate of drug-likeness (QED) is 0.501. The first-order chi connectivity index (χ1) is 14.3. The van der Waals surface area contributed by atoms with Gasteiger partial charge in [-0.1, -0.05) is 0 Å². The fourth-order valence-corrected chi connectivity index (χ4v) is 4.06. The number of rotatable bonds is 6. The number of fused-ring (bicyclic) bond motifs is 1. The maximum Gasteiger partial charge on any atom is 0.280 e. The van der Waals surface area contributed by atoms with Gasteiger partial charge in [0.05, 0.1) is 18.8 Å². The summed E-state index contributed by atoms with van der Waals surface area (Å²) in [7, 11) is -0.947. The summed E-state index contributed by atoms with van der Waals surface area (Å²) in [4.78, 5) is 3.83. The van der Waals surface area contributed by atoms with E-state index in [1.807, 2.05) is 0 Å². The highest BCUT2D eigenvalue weighted by Crippen LogP contribution is 2.34. The third-order valence-electron chi connectivity index (χ3n) is 4.46. The normalized spacial score (nSPS) is 11.9. The van der Waals surface area contributed by atoms with Gasteiger partial charge in [-0.2, -0.15) is 10.2 Å². The van der Waals surface area contributed by atoms with Crippen LogP contribution >= 0.6 is 0 Å². The number of anilines is 1. The lowest BCUT2D eigenvalue weighted by Crippen LogP contribution is -2.15. The molecule has 0 atom stereocenters. The third-order valence-corrected chi connectivity index (χ3v) is 5.80. The van der Waals surface area contributed by atoms with Crippen molar-refractivity contribution in [2.75, 3.05) is 11.8 Å². The van der Waals surface area contributed by atoms with E-state index in [9.17, 15) is 17.2 Å². The van der Waals surface area contributed by atoms with Crippen LogP contribution in [-0.4, -0.2) is 40.1 Å². The van der Waals surface area contributed by atoms with Gasteiger partial charge in [-0.3, -0.25) is 9.40 Å². The molecule has 0 radical (unpaired) electrons. The second-order valence-electron chi connectivity index (χ2n) is 6.28. The molecule has 3 aromatic heterocycles. The Hall–Kier alpha value is -3.54. The van der Waals surface area contributed by atoms with E-state index in [0.29, 0.717) is 11.3 Å². The molecule has 0 aliphatic rings. The van der Waals surface area contributed by atoms with Crippen LogP contribution in [0.4, 0.5) is 14.5 Å². The first-order valence-corrected chi connectivity index (χ1v) is 10.1. The van der Waals surface area contributed by atoms with Gasteiger partial charge in [-0.25, -0.2) is 26.9 Å². The average Bonchev–Trinajstić information content (AvgIpc) is 3.36. The fraction of sp³-hybridized carbons (Fsp3) is 0.167. The standard InChI is InChI=1S/C18H16F2N6O3S/c1-25-17-11(9-23-25)3-5-14(29-2)16(17)24-30(27,28)12-4-6-15(21-10-12)26-13(18(19)20)7-8-22-26/h3-10,18,24H,1-2H3. The van der Waals surface area contributed by atoms with Crippen molar-refractivity contribution in [3.8, 4) is 11.6 Å². The maximum atomic E-state index is 13.0. The zero-order valence-electron chi connectivity index (χ0n) is 15.8. The number of hydrogen-bond donors (Lipinski definition) is 1. The van der Waals surface area contributed by atoms with Gasteiger partial charge < -0.3 is 4.74 Å². The van der Waals surface area contributed by atoms with Crippen molar-refractivity contribution in [3.05, 3.63) is 54.6 Å². The Morgan fingerprint density at radius 1 is 1.10 bits per heavy atom. The SMILES string of the molecule is COc1ccc2cnn(C)c2c1NS(=O)(=O)c1ccc(-n2nccc2C(F)F)nc1. The number of methoxy groups -OCH3 is 1. The van der Waals surface area contributed by atoms with Gasteiger partial charge in [0.1, 0.15) is 22.0 Å². The van der Waals surface area contributed by atoms with Crippen LogP contribution in [-0.2, 0) is 17.1 Å². The van der Waals surface area contributed by atoms with Crippen LogP contribution in [0.3, 0.4) is 0 Å².